The van der Waals surface area contributed by atoms with Gasteiger partial charge < -0.3 is 0 Å². The van der Waals surface area contributed by atoms with Gasteiger partial charge in [0.1, 0.15) is 0 Å². The minimum absolute atomic E-state index is 0.0798. The van der Waals surface area contributed by atoms with Gasteiger partial charge in [-0.15, -0.1) is 0 Å². The molecular formula is C10H14INO2S. The van der Waals surface area contributed by atoms with E-state index in [-0.39, 0.29) is 5.75 Å². The molecule has 0 bridgehead atoms. The molecule has 1 rings (SSSR count). The molecule has 0 spiro atoms. The zero-order valence-corrected chi connectivity index (χ0v) is 11.3. The summed E-state index contributed by atoms with van der Waals surface area (Å²) in [7, 11) is -3.29. The van der Waals surface area contributed by atoms with Crippen LogP contribution < -0.4 is 5.14 Å². The molecule has 0 unspecified atom stereocenters. The number of rotatable bonds is 5. The average molecular weight is 339 g/mol. The van der Waals surface area contributed by atoms with Crippen LogP contribution in [-0.4, -0.2) is 14.2 Å². The maximum atomic E-state index is 10.7. The van der Waals surface area contributed by atoms with E-state index >= 15 is 0 Å². The predicted octanol–water partition coefficient (Wildman–Crippen LogP) is 1.90. The normalized spacial score (nSPS) is 11.6. The highest BCUT2D eigenvalue weighted by molar-refractivity contribution is 14.1. The maximum Gasteiger partial charge on any atom is 0.209 e. The lowest BCUT2D eigenvalue weighted by atomic mass is 10.1. The van der Waals surface area contributed by atoms with Crippen LogP contribution in [-0.2, 0) is 16.4 Å². The molecule has 0 saturated carbocycles. The Labute approximate surface area is 104 Å². The molecule has 0 aliphatic carbocycles. The first-order valence-electron chi connectivity index (χ1n) is 4.73. The molecule has 0 atom stereocenters. The first kappa shape index (κ1) is 12.9. The van der Waals surface area contributed by atoms with Crippen molar-refractivity contribution in [2.75, 3.05) is 5.75 Å². The predicted molar refractivity (Wildman–Crippen MR) is 70.1 cm³/mol. The van der Waals surface area contributed by atoms with Crippen molar-refractivity contribution in [2.24, 2.45) is 5.14 Å². The molecule has 0 saturated heterocycles. The molecule has 15 heavy (non-hydrogen) atoms. The molecule has 0 heterocycles. The van der Waals surface area contributed by atoms with Crippen LogP contribution in [0.25, 0.3) is 0 Å². The molecule has 0 aliphatic rings. The average Bonchev–Trinajstić information content (AvgIpc) is 2.13. The van der Waals surface area contributed by atoms with Crippen LogP contribution in [0.2, 0.25) is 0 Å². The second kappa shape index (κ2) is 5.81. The van der Waals surface area contributed by atoms with Gasteiger partial charge in [0.15, 0.2) is 0 Å². The molecule has 3 nitrogen and oxygen atoms in total. The van der Waals surface area contributed by atoms with E-state index in [4.69, 9.17) is 5.14 Å². The number of primary sulfonamides is 1. The lowest BCUT2D eigenvalue weighted by Crippen LogP contribution is -2.16. The Balaban J connectivity index is 2.36. The first-order valence-corrected chi connectivity index (χ1v) is 7.52. The minimum atomic E-state index is -3.29. The fourth-order valence-corrected chi connectivity index (χ4v) is 2.58. The summed E-state index contributed by atoms with van der Waals surface area (Å²) in [6, 6.07) is 8.11. The molecule has 0 radical (unpaired) electrons. The van der Waals surface area contributed by atoms with Crippen molar-refractivity contribution in [1.29, 1.82) is 0 Å². The van der Waals surface area contributed by atoms with Crippen LogP contribution in [0.15, 0.2) is 24.3 Å². The van der Waals surface area contributed by atoms with E-state index in [1.54, 1.807) is 0 Å². The number of halogens is 1. The Kier molecular flexibility index (Phi) is 5.01. The molecule has 0 fully saturated rings. The standard InChI is InChI=1S/C10H14INO2S/c11-10-7-2-1-5-9(10)6-3-4-8-15(12,13)14/h1-2,5,7H,3-4,6,8H2,(H2,12,13,14). The summed E-state index contributed by atoms with van der Waals surface area (Å²) in [5, 5.41) is 4.92. The van der Waals surface area contributed by atoms with Crippen LogP contribution in [0.3, 0.4) is 0 Å². The number of nitrogens with two attached hydrogens (primary N) is 1. The quantitative estimate of drug-likeness (QED) is 0.658. The van der Waals surface area contributed by atoms with Crippen LogP contribution in [0.4, 0.5) is 0 Å². The van der Waals surface area contributed by atoms with Crippen molar-refractivity contribution in [3.05, 3.63) is 33.4 Å². The van der Waals surface area contributed by atoms with Gasteiger partial charge in [-0.3, -0.25) is 0 Å². The third kappa shape index (κ3) is 5.48. The summed E-state index contributed by atoms with van der Waals surface area (Å²) >= 11 is 2.29. The highest BCUT2D eigenvalue weighted by atomic mass is 127. The Morgan fingerprint density at radius 2 is 1.87 bits per heavy atom. The zero-order chi connectivity index (χ0) is 11.3. The molecule has 1 aromatic rings. The van der Waals surface area contributed by atoms with Gasteiger partial charge in [-0.25, -0.2) is 13.6 Å². The number of hydrogen-bond donors (Lipinski definition) is 1. The fraction of sp³-hybridized carbons (Fsp3) is 0.400. The van der Waals surface area contributed by atoms with E-state index in [9.17, 15) is 8.42 Å². The zero-order valence-electron chi connectivity index (χ0n) is 8.32. The molecule has 0 aromatic heterocycles. The Bertz CT molecular complexity index is 417. The molecule has 84 valence electrons. The van der Waals surface area contributed by atoms with E-state index in [1.165, 1.54) is 9.13 Å². The van der Waals surface area contributed by atoms with Crippen molar-refractivity contribution in [3.8, 4) is 0 Å². The van der Waals surface area contributed by atoms with Gasteiger partial charge in [-0.2, -0.15) is 0 Å². The molecule has 1 aromatic carbocycles. The summed E-state index contributed by atoms with van der Waals surface area (Å²) in [5.41, 5.74) is 1.27. The Morgan fingerprint density at radius 1 is 1.20 bits per heavy atom. The van der Waals surface area contributed by atoms with Gasteiger partial charge in [-0.05, 0) is 53.5 Å². The number of unbranched alkanes of at least 4 members (excludes halogenated alkanes) is 1. The molecule has 2 N–H and O–H groups in total. The molecule has 0 aliphatic heterocycles. The summed E-state index contributed by atoms with van der Waals surface area (Å²) in [6.07, 6.45) is 2.40. The smallest absolute Gasteiger partial charge is 0.209 e. The summed E-state index contributed by atoms with van der Waals surface area (Å²) in [5.74, 6) is 0.0798. The second-order valence-corrected chi connectivity index (χ2v) is 6.31. The van der Waals surface area contributed by atoms with Crippen molar-refractivity contribution < 1.29 is 8.42 Å². The van der Waals surface area contributed by atoms with Crippen molar-refractivity contribution in [1.82, 2.24) is 0 Å². The van der Waals surface area contributed by atoms with Crippen LogP contribution in [0.5, 0.6) is 0 Å². The highest BCUT2D eigenvalue weighted by Gasteiger charge is 2.03. The Hall–Kier alpha value is -0.140. The van der Waals surface area contributed by atoms with Crippen molar-refractivity contribution in [3.63, 3.8) is 0 Å². The minimum Gasteiger partial charge on any atom is -0.229 e. The lowest BCUT2D eigenvalue weighted by Gasteiger charge is -2.03. The number of hydrogen-bond acceptors (Lipinski definition) is 2. The summed E-state index contributed by atoms with van der Waals surface area (Å²) < 4.78 is 22.6. The topological polar surface area (TPSA) is 60.2 Å². The second-order valence-electron chi connectivity index (χ2n) is 3.42. The first-order chi connectivity index (χ1) is 6.99. The highest BCUT2D eigenvalue weighted by Crippen LogP contribution is 2.14. The monoisotopic (exact) mass is 339 g/mol. The maximum absolute atomic E-state index is 10.7. The van der Waals surface area contributed by atoms with Crippen LogP contribution in [0.1, 0.15) is 18.4 Å². The number of benzene rings is 1. The van der Waals surface area contributed by atoms with Crippen LogP contribution >= 0.6 is 22.6 Å². The van der Waals surface area contributed by atoms with E-state index in [2.05, 4.69) is 34.7 Å². The third-order valence-electron chi connectivity index (χ3n) is 2.08. The molecule has 0 amide bonds. The van der Waals surface area contributed by atoms with Gasteiger partial charge >= 0.3 is 0 Å². The molecule has 5 heteroatoms. The van der Waals surface area contributed by atoms with Gasteiger partial charge in [0.05, 0.1) is 5.75 Å². The van der Waals surface area contributed by atoms with Gasteiger partial charge in [0, 0.05) is 3.57 Å². The summed E-state index contributed by atoms with van der Waals surface area (Å²) in [6.45, 7) is 0. The van der Waals surface area contributed by atoms with E-state index < -0.39 is 10.0 Å². The van der Waals surface area contributed by atoms with Crippen LogP contribution in [0, 0.1) is 3.57 Å². The van der Waals surface area contributed by atoms with Crippen molar-refractivity contribution in [2.45, 2.75) is 19.3 Å². The third-order valence-corrected chi connectivity index (χ3v) is 3.99. The van der Waals surface area contributed by atoms with E-state index in [0.717, 1.165) is 12.8 Å². The SMILES string of the molecule is NS(=O)(=O)CCCCc1ccccc1I. The lowest BCUT2D eigenvalue weighted by molar-refractivity contribution is 0.593. The van der Waals surface area contributed by atoms with Gasteiger partial charge in [0.25, 0.3) is 0 Å². The van der Waals surface area contributed by atoms with Gasteiger partial charge in [0.2, 0.25) is 10.0 Å². The van der Waals surface area contributed by atoms with E-state index in [1.807, 2.05) is 12.1 Å². The van der Waals surface area contributed by atoms with E-state index in [0.29, 0.717) is 6.42 Å². The Morgan fingerprint density at radius 3 is 2.47 bits per heavy atom. The fourth-order valence-electron chi connectivity index (χ4n) is 1.32. The number of sulfonamides is 1. The van der Waals surface area contributed by atoms with Crippen molar-refractivity contribution >= 4 is 32.6 Å². The molecular weight excluding hydrogens is 325 g/mol. The van der Waals surface area contributed by atoms with Gasteiger partial charge in [-0.1, -0.05) is 18.2 Å². The summed E-state index contributed by atoms with van der Waals surface area (Å²) in [4.78, 5) is 0. The number of aryl methyl sites for hydroxylation is 1. The largest absolute Gasteiger partial charge is 0.229 e.